The molecule has 0 aliphatic rings. The zero-order valence-corrected chi connectivity index (χ0v) is 12.4. The number of rotatable bonds is 8. The van der Waals surface area contributed by atoms with E-state index in [9.17, 15) is 0 Å². The van der Waals surface area contributed by atoms with Gasteiger partial charge in [0.1, 0.15) is 0 Å². The lowest BCUT2D eigenvalue weighted by atomic mass is 9.88. The molecule has 1 aromatic rings. The molecule has 0 saturated carbocycles. The summed E-state index contributed by atoms with van der Waals surface area (Å²) in [5, 5.41) is 3.49. The molecule has 2 nitrogen and oxygen atoms in total. The van der Waals surface area contributed by atoms with Gasteiger partial charge in [-0.25, -0.2) is 0 Å². The molecule has 0 bridgehead atoms. The van der Waals surface area contributed by atoms with Crippen LogP contribution in [0.4, 0.5) is 0 Å². The van der Waals surface area contributed by atoms with Crippen LogP contribution in [0.5, 0.6) is 0 Å². The first-order valence-electron chi connectivity index (χ1n) is 7.30. The van der Waals surface area contributed by atoms with Gasteiger partial charge in [0.2, 0.25) is 0 Å². The van der Waals surface area contributed by atoms with Crippen LogP contribution in [0, 0.1) is 12.8 Å². The van der Waals surface area contributed by atoms with Gasteiger partial charge >= 0.3 is 0 Å². The highest BCUT2D eigenvalue weighted by Gasteiger charge is 2.18. The molecular formula is C16H28N2. The van der Waals surface area contributed by atoms with Crippen molar-refractivity contribution in [3.63, 3.8) is 0 Å². The van der Waals surface area contributed by atoms with Gasteiger partial charge in [0.15, 0.2) is 0 Å². The van der Waals surface area contributed by atoms with Crippen molar-refractivity contribution in [1.29, 1.82) is 0 Å². The van der Waals surface area contributed by atoms with Crippen LogP contribution in [0.15, 0.2) is 18.3 Å². The van der Waals surface area contributed by atoms with Gasteiger partial charge in [-0.3, -0.25) is 4.98 Å². The van der Waals surface area contributed by atoms with Gasteiger partial charge in [0, 0.05) is 24.4 Å². The molecule has 0 aliphatic heterocycles. The number of likely N-dealkylation sites (N-methyl/N-ethyl adjacent to an activating group) is 1. The zero-order valence-electron chi connectivity index (χ0n) is 12.4. The van der Waals surface area contributed by atoms with Gasteiger partial charge in [0.05, 0.1) is 0 Å². The van der Waals surface area contributed by atoms with Crippen LogP contribution in [0.3, 0.4) is 0 Å². The fourth-order valence-electron chi connectivity index (χ4n) is 2.51. The number of pyridine rings is 1. The maximum Gasteiger partial charge on any atom is 0.0419 e. The van der Waals surface area contributed by atoms with Gasteiger partial charge in [-0.15, -0.1) is 0 Å². The molecule has 18 heavy (non-hydrogen) atoms. The highest BCUT2D eigenvalue weighted by atomic mass is 14.9. The summed E-state index contributed by atoms with van der Waals surface area (Å²) in [4.78, 5) is 4.52. The van der Waals surface area contributed by atoms with Gasteiger partial charge in [-0.1, -0.05) is 39.2 Å². The lowest BCUT2D eigenvalue weighted by molar-refractivity contribution is 0.328. The Hall–Kier alpha value is -0.890. The molecule has 2 unspecified atom stereocenters. The van der Waals surface area contributed by atoms with E-state index in [-0.39, 0.29) is 0 Å². The molecule has 102 valence electrons. The first-order chi connectivity index (χ1) is 8.71. The Morgan fingerprint density at radius 1 is 1.28 bits per heavy atom. The highest BCUT2D eigenvalue weighted by molar-refractivity contribution is 5.13. The smallest absolute Gasteiger partial charge is 0.0419 e. The molecular weight excluding hydrogens is 220 g/mol. The molecule has 2 heteroatoms. The van der Waals surface area contributed by atoms with Gasteiger partial charge in [-0.05, 0) is 37.9 Å². The molecule has 0 spiro atoms. The van der Waals surface area contributed by atoms with Crippen molar-refractivity contribution < 1.29 is 0 Å². The SMILES string of the molecule is CCCCC(CC)C(Cc1ccc(C)cn1)NC. The van der Waals surface area contributed by atoms with E-state index >= 15 is 0 Å². The second-order valence-electron chi connectivity index (χ2n) is 5.24. The summed E-state index contributed by atoms with van der Waals surface area (Å²) < 4.78 is 0. The van der Waals surface area contributed by atoms with Crippen LogP contribution in [0.25, 0.3) is 0 Å². The minimum Gasteiger partial charge on any atom is -0.316 e. The second-order valence-corrected chi connectivity index (χ2v) is 5.24. The standard InChI is InChI=1S/C16H28N2/c1-5-7-8-14(6-2)16(17-4)11-15-10-9-13(3)12-18-15/h9-10,12,14,16-17H,5-8,11H2,1-4H3. The molecule has 0 amide bonds. The first kappa shape index (κ1) is 15.2. The van der Waals surface area contributed by atoms with Crippen molar-refractivity contribution in [3.05, 3.63) is 29.6 Å². The molecule has 0 fully saturated rings. The average molecular weight is 248 g/mol. The maximum absolute atomic E-state index is 4.52. The molecule has 1 N–H and O–H groups in total. The summed E-state index contributed by atoms with van der Waals surface area (Å²) >= 11 is 0. The normalized spacial score (nSPS) is 14.4. The second kappa shape index (κ2) is 8.25. The number of aromatic nitrogens is 1. The van der Waals surface area contributed by atoms with Crippen LogP contribution in [0.2, 0.25) is 0 Å². The van der Waals surface area contributed by atoms with E-state index in [1.807, 2.05) is 6.20 Å². The van der Waals surface area contributed by atoms with E-state index < -0.39 is 0 Å². The van der Waals surface area contributed by atoms with E-state index in [2.05, 4.69) is 50.3 Å². The lowest BCUT2D eigenvalue weighted by Gasteiger charge is -2.25. The lowest BCUT2D eigenvalue weighted by Crippen LogP contribution is -2.35. The van der Waals surface area contributed by atoms with E-state index in [0.717, 1.165) is 12.3 Å². The van der Waals surface area contributed by atoms with Crippen molar-refractivity contribution in [3.8, 4) is 0 Å². The predicted molar refractivity (Wildman–Crippen MR) is 78.8 cm³/mol. The molecule has 1 heterocycles. The quantitative estimate of drug-likeness (QED) is 0.758. The van der Waals surface area contributed by atoms with Gasteiger partial charge < -0.3 is 5.32 Å². The summed E-state index contributed by atoms with van der Waals surface area (Å²) in [5.74, 6) is 0.762. The van der Waals surface area contributed by atoms with Crippen LogP contribution in [-0.4, -0.2) is 18.1 Å². The number of aryl methyl sites for hydroxylation is 1. The van der Waals surface area contributed by atoms with Crippen LogP contribution in [0.1, 0.15) is 50.8 Å². The largest absolute Gasteiger partial charge is 0.316 e. The van der Waals surface area contributed by atoms with E-state index in [1.54, 1.807) is 0 Å². The molecule has 0 radical (unpaired) electrons. The summed E-state index contributed by atoms with van der Waals surface area (Å²) in [5.41, 5.74) is 2.44. The van der Waals surface area contributed by atoms with Crippen molar-refractivity contribution >= 4 is 0 Å². The van der Waals surface area contributed by atoms with Crippen molar-refractivity contribution in [2.24, 2.45) is 5.92 Å². The Labute approximate surface area is 112 Å². The van der Waals surface area contributed by atoms with E-state index in [4.69, 9.17) is 0 Å². The number of nitrogens with one attached hydrogen (secondary N) is 1. The maximum atomic E-state index is 4.52. The fraction of sp³-hybridized carbons (Fsp3) is 0.688. The Bertz CT molecular complexity index is 318. The van der Waals surface area contributed by atoms with Gasteiger partial charge in [-0.2, -0.15) is 0 Å². The van der Waals surface area contributed by atoms with Crippen LogP contribution >= 0.6 is 0 Å². The van der Waals surface area contributed by atoms with Crippen LogP contribution < -0.4 is 5.32 Å². The molecule has 0 aliphatic carbocycles. The van der Waals surface area contributed by atoms with Crippen molar-refractivity contribution in [2.45, 2.75) is 58.9 Å². The molecule has 1 rings (SSSR count). The number of hydrogen-bond acceptors (Lipinski definition) is 2. The summed E-state index contributed by atoms with van der Waals surface area (Å²) in [6, 6.07) is 4.87. The molecule has 0 saturated heterocycles. The minimum absolute atomic E-state index is 0.553. The number of hydrogen-bond donors (Lipinski definition) is 1. The monoisotopic (exact) mass is 248 g/mol. The first-order valence-corrected chi connectivity index (χ1v) is 7.30. The third-order valence-electron chi connectivity index (χ3n) is 3.79. The third kappa shape index (κ3) is 4.77. The van der Waals surface area contributed by atoms with Crippen molar-refractivity contribution in [2.75, 3.05) is 7.05 Å². The third-order valence-corrected chi connectivity index (χ3v) is 3.79. The molecule has 2 atom stereocenters. The Morgan fingerprint density at radius 3 is 2.56 bits per heavy atom. The summed E-state index contributed by atoms with van der Waals surface area (Å²) in [6.07, 6.45) is 8.20. The fourth-order valence-corrected chi connectivity index (χ4v) is 2.51. The van der Waals surface area contributed by atoms with Gasteiger partial charge in [0.25, 0.3) is 0 Å². The Morgan fingerprint density at radius 2 is 2.06 bits per heavy atom. The molecule has 0 aromatic carbocycles. The Kier molecular flexibility index (Phi) is 6.96. The minimum atomic E-state index is 0.553. The summed E-state index contributed by atoms with van der Waals surface area (Å²) in [6.45, 7) is 6.65. The van der Waals surface area contributed by atoms with Crippen molar-refractivity contribution in [1.82, 2.24) is 10.3 Å². The van der Waals surface area contributed by atoms with E-state index in [0.29, 0.717) is 6.04 Å². The Balaban J connectivity index is 2.61. The van der Waals surface area contributed by atoms with E-state index in [1.165, 1.54) is 36.9 Å². The average Bonchev–Trinajstić information content (AvgIpc) is 2.40. The number of unbranched alkanes of at least 4 members (excludes halogenated alkanes) is 1. The zero-order chi connectivity index (χ0) is 13.4. The highest BCUT2D eigenvalue weighted by Crippen LogP contribution is 2.19. The number of nitrogens with zero attached hydrogens (tertiary/aromatic N) is 1. The predicted octanol–water partition coefficient (Wildman–Crippen LogP) is 3.74. The topological polar surface area (TPSA) is 24.9 Å². The summed E-state index contributed by atoms with van der Waals surface area (Å²) in [7, 11) is 2.08. The molecule has 1 aromatic heterocycles. The van der Waals surface area contributed by atoms with Crippen LogP contribution in [-0.2, 0) is 6.42 Å².